The van der Waals surface area contributed by atoms with Crippen molar-refractivity contribution in [1.29, 1.82) is 0 Å². The zero-order valence-electron chi connectivity index (χ0n) is 11.4. The molecule has 114 valence electrons. The third-order valence-corrected chi connectivity index (χ3v) is 5.74. The number of hydrogen-bond acceptors (Lipinski definition) is 4. The van der Waals surface area contributed by atoms with Crippen molar-refractivity contribution < 1.29 is 8.42 Å². The van der Waals surface area contributed by atoms with Gasteiger partial charge in [0.15, 0.2) is 0 Å². The molecular formula is C12H14BrClN4O2S. The van der Waals surface area contributed by atoms with Crippen LogP contribution < -0.4 is 10.0 Å². The largest absolute Gasteiger partial charge is 0.314 e. The fourth-order valence-corrected chi connectivity index (χ4v) is 4.00. The first-order chi connectivity index (χ1) is 9.86. The molecule has 0 aliphatic carbocycles. The number of H-pyrrole nitrogens is 1. The molecule has 3 N–H and O–H groups in total. The number of benzene rings is 1. The second-order valence-corrected chi connectivity index (χ2v) is 7.18. The predicted octanol–water partition coefficient (Wildman–Crippen LogP) is 2.65. The van der Waals surface area contributed by atoms with Crippen molar-refractivity contribution in [2.45, 2.75) is 18.4 Å². The maximum absolute atomic E-state index is 12.6. The van der Waals surface area contributed by atoms with E-state index in [0.29, 0.717) is 33.1 Å². The van der Waals surface area contributed by atoms with Crippen LogP contribution in [0.1, 0.15) is 11.4 Å². The van der Waals surface area contributed by atoms with E-state index in [4.69, 9.17) is 11.6 Å². The lowest BCUT2D eigenvalue weighted by molar-refractivity contribution is 0.598. The zero-order chi connectivity index (χ0) is 15.6. The molecule has 0 spiro atoms. The van der Waals surface area contributed by atoms with E-state index < -0.39 is 10.0 Å². The maximum atomic E-state index is 12.6. The van der Waals surface area contributed by atoms with Crippen molar-refractivity contribution >= 4 is 43.2 Å². The van der Waals surface area contributed by atoms with Crippen LogP contribution in [0.4, 0.5) is 5.69 Å². The second kappa shape index (κ2) is 6.35. The van der Waals surface area contributed by atoms with E-state index in [-0.39, 0.29) is 4.90 Å². The summed E-state index contributed by atoms with van der Waals surface area (Å²) in [6.07, 6.45) is 0. The molecule has 21 heavy (non-hydrogen) atoms. The fourth-order valence-electron chi connectivity index (χ4n) is 1.89. The van der Waals surface area contributed by atoms with E-state index >= 15 is 0 Å². The minimum atomic E-state index is -3.77. The lowest BCUT2D eigenvalue weighted by Gasteiger charge is -2.11. The molecule has 9 heteroatoms. The van der Waals surface area contributed by atoms with E-state index in [9.17, 15) is 8.42 Å². The average molecular weight is 394 g/mol. The number of aryl methyl sites for hydroxylation is 1. The first kappa shape index (κ1) is 16.3. The Bertz CT molecular complexity index is 761. The minimum Gasteiger partial charge on any atom is -0.314 e. The SMILES string of the molecule is CNCc1n[nH]c(C)c1S(=O)(=O)Nc1cccc(Cl)c1Br. The highest BCUT2D eigenvalue weighted by atomic mass is 79.9. The van der Waals surface area contributed by atoms with Gasteiger partial charge in [-0.05, 0) is 42.0 Å². The molecule has 0 fully saturated rings. The van der Waals surface area contributed by atoms with Crippen molar-refractivity contribution in [3.8, 4) is 0 Å². The third kappa shape index (κ3) is 3.39. The Kier molecular flexibility index (Phi) is 4.92. The van der Waals surface area contributed by atoms with Gasteiger partial charge >= 0.3 is 0 Å². The van der Waals surface area contributed by atoms with Gasteiger partial charge in [0.1, 0.15) is 4.90 Å². The fraction of sp³-hybridized carbons (Fsp3) is 0.250. The molecule has 0 aliphatic rings. The van der Waals surface area contributed by atoms with Crippen molar-refractivity contribution in [2.24, 2.45) is 0 Å². The Morgan fingerprint density at radius 1 is 1.43 bits per heavy atom. The van der Waals surface area contributed by atoms with Gasteiger partial charge in [0.05, 0.1) is 26.6 Å². The molecule has 1 heterocycles. The number of anilines is 1. The summed E-state index contributed by atoms with van der Waals surface area (Å²) in [5.41, 5.74) is 1.28. The second-order valence-electron chi connectivity index (χ2n) is 4.36. The Balaban J connectivity index is 2.44. The number of rotatable bonds is 5. The Hall–Kier alpha value is -1.09. The van der Waals surface area contributed by atoms with Crippen LogP contribution >= 0.6 is 27.5 Å². The highest BCUT2D eigenvalue weighted by Crippen LogP contribution is 2.32. The number of halogens is 2. The van der Waals surface area contributed by atoms with Gasteiger partial charge in [-0.25, -0.2) is 8.42 Å². The maximum Gasteiger partial charge on any atom is 0.265 e. The molecule has 0 saturated heterocycles. The van der Waals surface area contributed by atoms with Crippen LogP contribution in [0.15, 0.2) is 27.6 Å². The summed E-state index contributed by atoms with van der Waals surface area (Å²) in [4.78, 5) is 0.142. The van der Waals surface area contributed by atoms with Crippen molar-refractivity contribution in [3.05, 3.63) is 39.1 Å². The Morgan fingerprint density at radius 2 is 2.14 bits per heavy atom. The lowest BCUT2D eigenvalue weighted by Crippen LogP contribution is -2.17. The zero-order valence-corrected chi connectivity index (χ0v) is 14.5. The van der Waals surface area contributed by atoms with Gasteiger partial charge in [0, 0.05) is 6.54 Å². The van der Waals surface area contributed by atoms with Crippen LogP contribution in [0.2, 0.25) is 5.02 Å². The first-order valence-electron chi connectivity index (χ1n) is 6.02. The van der Waals surface area contributed by atoms with Crippen LogP contribution in [0, 0.1) is 6.92 Å². The lowest BCUT2D eigenvalue weighted by atomic mass is 10.3. The molecule has 0 bridgehead atoms. The molecule has 0 atom stereocenters. The molecule has 0 amide bonds. The quantitative estimate of drug-likeness (QED) is 0.729. The highest BCUT2D eigenvalue weighted by Gasteiger charge is 2.25. The van der Waals surface area contributed by atoms with Gasteiger partial charge < -0.3 is 5.32 Å². The van der Waals surface area contributed by atoms with E-state index in [1.165, 1.54) is 0 Å². The van der Waals surface area contributed by atoms with E-state index in [1.54, 1.807) is 32.2 Å². The number of aromatic amines is 1. The molecule has 0 saturated carbocycles. The van der Waals surface area contributed by atoms with Gasteiger partial charge in [-0.3, -0.25) is 9.82 Å². The van der Waals surface area contributed by atoms with Gasteiger partial charge in [0.25, 0.3) is 10.0 Å². The monoisotopic (exact) mass is 392 g/mol. The van der Waals surface area contributed by atoms with Crippen molar-refractivity contribution in [2.75, 3.05) is 11.8 Å². The Morgan fingerprint density at radius 3 is 2.81 bits per heavy atom. The number of sulfonamides is 1. The average Bonchev–Trinajstić information content (AvgIpc) is 2.77. The summed E-state index contributed by atoms with van der Waals surface area (Å²) < 4.78 is 28.2. The van der Waals surface area contributed by atoms with Crippen LogP contribution in [-0.2, 0) is 16.6 Å². The molecule has 0 unspecified atom stereocenters. The Labute approximate surface area is 136 Å². The summed E-state index contributed by atoms with van der Waals surface area (Å²) in [5, 5.41) is 10.0. The minimum absolute atomic E-state index is 0.142. The van der Waals surface area contributed by atoms with E-state index in [2.05, 4.69) is 36.2 Å². The summed E-state index contributed by atoms with van der Waals surface area (Å²) in [5.74, 6) is 0. The number of aromatic nitrogens is 2. The summed E-state index contributed by atoms with van der Waals surface area (Å²) in [6, 6.07) is 4.96. The molecule has 1 aromatic carbocycles. The van der Waals surface area contributed by atoms with Crippen LogP contribution in [0.3, 0.4) is 0 Å². The topological polar surface area (TPSA) is 86.9 Å². The predicted molar refractivity (Wildman–Crippen MR) is 86.0 cm³/mol. The molecule has 1 aromatic heterocycles. The summed E-state index contributed by atoms with van der Waals surface area (Å²) in [6.45, 7) is 2.00. The molecule has 6 nitrogen and oxygen atoms in total. The molecule has 2 rings (SSSR count). The van der Waals surface area contributed by atoms with E-state index in [1.807, 2.05) is 0 Å². The van der Waals surface area contributed by atoms with Gasteiger partial charge in [-0.2, -0.15) is 5.10 Å². The smallest absolute Gasteiger partial charge is 0.265 e. The van der Waals surface area contributed by atoms with Gasteiger partial charge in [-0.1, -0.05) is 17.7 Å². The molecular weight excluding hydrogens is 380 g/mol. The number of hydrogen-bond donors (Lipinski definition) is 3. The molecule has 0 radical (unpaired) electrons. The number of nitrogens with one attached hydrogen (secondary N) is 3. The first-order valence-corrected chi connectivity index (χ1v) is 8.67. The van der Waals surface area contributed by atoms with Gasteiger partial charge in [0.2, 0.25) is 0 Å². The normalized spacial score (nSPS) is 11.6. The van der Waals surface area contributed by atoms with Crippen molar-refractivity contribution in [1.82, 2.24) is 15.5 Å². The van der Waals surface area contributed by atoms with Crippen LogP contribution in [0.5, 0.6) is 0 Å². The van der Waals surface area contributed by atoms with Gasteiger partial charge in [-0.15, -0.1) is 0 Å². The highest BCUT2D eigenvalue weighted by molar-refractivity contribution is 9.10. The van der Waals surface area contributed by atoms with E-state index in [0.717, 1.165) is 0 Å². The summed E-state index contributed by atoms with van der Waals surface area (Å²) in [7, 11) is -2.04. The summed E-state index contributed by atoms with van der Waals surface area (Å²) >= 11 is 9.24. The standard InChI is InChI=1S/C12H14BrClN4O2S/c1-7-12(10(6-15-2)17-16-7)21(19,20)18-9-5-3-4-8(14)11(9)13/h3-5,15,18H,6H2,1-2H3,(H,16,17). The van der Waals surface area contributed by atoms with Crippen molar-refractivity contribution in [3.63, 3.8) is 0 Å². The van der Waals surface area contributed by atoms with Crippen LogP contribution in [-0.4, -0.2) is 25.7 Å². The molecule has 2 aromatic rings. The molecule has 0 aliphatic heterocycles. The third-order valence-electron chi connectivity index (χ3n) is 2.77. The number of nitrogens with zero attached hydrogens (tertiary/aromatic N) is 1. The van der Waals surface area contributed by atoms with Crippen LogP contribution in [0.25, 0.3) is 0 Å².